The van der Waals surface area contributed by atoms with Gasteiger partial charge in [-0.25, -0.2) is 9.78 Å². The third-order valence-electron chi connectivity index (χ3n) is 3.32. The first-order valence-electron chi connectivity index (χ1n) is 6.10. The topological polar surface area (TPSA) is 62.2 Å². The summed E-state index contributed by atoms with van der Waals surface area (Å²) in [4.78, 5) is 15.5. The van der Waals surface area contributed by atoms with Gasteiger partial charge in [0.1, 0.15) is 11.4 Å². The highest BCUT2D eigenvalue weighted by Gasteiger charge is 2.25. The third-order valence-corrected chi connectivity index (χ3v) is 4.42. The van der Waals surface area contributed by atoms with Crippen molar-refractivity contribution in [1.82, 2.24) is 4.98 Å². The van der Waals surface area contributed by atoms with Crippen molar-refractivity contribution in [3.05, 3.63) is 23.4 Å². The number of carbonyl (C=O) groups is 1. The molecule has 0 aliphatic heterocycles. The molecule has 4 nitrogen and oxygen atoms in total. The van der Waals surface area contributed by atoms with E-state index in [2.05, 4.69) is 16.6 Å². The highest BCUT2D eigenvalue weighted by Crippen LogP contribution is 2.30. The zero-order valence-corrected chi connectivity index (χ0v) is 11.5. The molecule has 1 heterocycles. The van der Waals surface area contributed by atoms with Gasteiger partial charge < -0.3 is 10.4 Å². The maximum absolute atomic E-state index is 11.1. The molecule has 2 N–H and O–H groups in total. The minimum absolute atomic E-state index is 0.258. The minimum atomic E-state index is -0.926. The highest BCUT2D eigenvalue weighted by molar-refractivity contribution is 7.99. The molecule has 0 saturated heterocycles. The van der Waals surface area contributed by atoms with Crippen LogP contribution < -0.4 is 5.32 Å². The Bertz CT molecular complexity index is 451. The van der Waals surface area contributed by atoms with E-state index in [1.807, 2.05) is 18.7 Å². The largest absolute Gasteiger partial charge is 0.478 e. The summed E-state index contributed by atoms with van der Waals surface area (Å²) in [5.74, 6) is -0.418. The van der Waals surface area contributed by atoms with Gasteiger partial charge in [-0.05, 0) is 44.6 Å². The van der Waals surface area contributed by atoms with Crippen LogP contribution in [0.25, 0.3) is 0 Å². The molecule has 2 rings (SSSR count). The fourth-order valence-electron chi connectivity index (χ4n) is 2.32. The average molecular weight is 266 g/mol. The lowest BCUT2D eigenvalue weighted by Gasteiger charge is -2.15. The zero-order chi connectivity index (χ0) is 13.1. The molecule has 0 amide bonds. The number of aromatic carboxylic acids is 1. The summed E-state index contributed by atoms with van der Waals surface area (Å²) in [5.41, 5.74) is 1.09. The van der Waals surface area contributed by atoms with Gasteiger partial charge >= 0.3 is 5.97 Å². The SMILES string of the molecule is CSC1CCC(Nc2nc(C)ccc2C(=O)O)C1. The van der Waals surface area contributed by atoms with Crippen molar-refractivity contribution in [3.8, 4) is 0 Å². The molecule has 0 spiro atoms. The maximum Gasteiger partial charge on any atom is 0.339 e. The van der Waals surface area contributed by atoms with Crippen molar-refractivity contribution in [2.75, 3.05) is 11.6 Å². The predicted molar refractivity (Wildman–Crippen MR) is 74.5 cm³/mol. The Labute approximate surface area is 111 Å². The van der Waals surface area contributed by atoms with E-state index in [1.54, 1.807) is 12.1 Å². The number of aryl methyl sites for hydroxylation is 1. The van der Waals surface area contributed by atoms with Crippen LogP contribution in [0.5, 0.6) is 0 Å². The number of hydrogen-bond acceptors (Lipinski definition) is 4. The molecule has 2 unspecified atom stereocenters. The number of nitrogens with one attached hydrogen (secondary N) is 1. The molecule has 5 heteroatoms. The molecule has 2 atom stereocenters. The quantitative estimate of drug-likeness (QED) is 0.877. The van der Waals surface area contributed by atoms with Crippen molar-refractivity contribution in [3.63, 3.8) is 0 Å². The molecule has 1 aliphatic rings. The molecular weight excluding hydrogens is 248 g/mol. The van der Waals surface area contributed by atoms with Crippen molar-refractivity contribution >= 4 is 23.5 Å². The van der Waals surface area contributed by atoms with E-state index >= 15 is 0 Å². The van der Waals surface area contributed by atoms with Crippen LogP contribution in [0.2, 0.25) is 0 Å². The van der Waals surface area contributed by atoms with Gasteiger partial charge in [0.2, 0.25) is 0 Å². The lowest BCUT2D eigenvalue weighted by Crippen LogP contribution is -2.19. The molecule has 0 radical (unpaired) electrons. The van der Waals surface area contributed by atoms with Crippen LogP contribution in [0.4, 0.5) is 5.82 Å². The van der Waals surface area contributed by atoms with Crippen molar-refractivity contribution in [1.29, 1.82) is 0 Å². The summed E-state index contributed by atoms with van der Waals surface area (Å²) in [5, 5.41) is 13.1. The van der Waals surface area contributed by atoms with Crippen LogP contribution in [0, 0.1) is 6.92 Å². The van der Waals surface area contributed by atoms with Crippen LogP contribution in [-0.4, -0.2) is 33.6 Å². The fraction of sp³-hybridized carbons (Fsp3) is 0.538. The standard InChI is InChI=1S/C13H18N2O2S/c1-8-3-6-11(13(16)17)12(14-8)15-9-4-5-10(7-9)18-2/h3,6,9-10H,4-5,7H2,1-2H3,(H,14,15)(H,16,17). The van der Waals surface area contributed by atoms with Crippen LogP contribution in [0.15, 0.2) is 12.1 Å². The minimum Gasteiger partial charge on any atom is -0.478 e. The number of thioether (sulfide) groups is 1. The second-order valence-electron chi connectivity index (χ2n) is 4.67. The highest BCUT2D eigenvalue weighted by atomic mass is 32.2. The molecular formula is C13H18N2O2S. The summed E-state index contributed by atoms with van der Waals surface area (Å²) >= 11 is 1.88. The molecule has 1 aromatic heterocycles. The Morgan fingerprint density at radius 2 is 2.28 bits per heavy atom. The number of carboxylic acid groups (broad SMARTS) is 1. The normalized spacial score (nSPS) is 23.0. The van der Waals surface area contributed by atoms with Gasteiger partial charge in [0.05, 0.1) is 0 Å². The van der Waals surface area contributed by atoms with Gasteiger partial charge in [0.25, 0.3) is 0 Å². The number of aromatic nitrogens is 1. The number of carboxylic acids is 1. The van der Waals surface area contributed by atoms with Gasteiger partial charge in [-0.2, -0.15) is 11.8 Å². The molecule has 1 aliphatic carbocycles. The van der Waals surface area contributed by atoms with E-state index < -0.39 is 5.97 Å². The summed E-state index contributed by atoms with van der Waals surface area (Å²) in [6.45, 7) is 1.87. The number of rotatable bonds is 4. The molecule has 0 bridgehead atoms. The molecule has 0 aromatic carbocycles. The van der Waals surface area contributed by atoms with Gasteiger partial charge in [-0.3, -0.25) is 0 Å². The number of pyridine rings is 1. The lowest BCUT2D eigenvalue weighted by molar-refractivity contribution is 0.0697. The monoisotopic (exact) mass is 266 g/mol. The smallest absolute Gasteiger partial charge is 0.339 e. The number of nitrogens with zero attached hydrogens (tertiary/aromatic N) is 1. The van der Waals surface area contributed by atoms with Crippen molar-refractivity contribution < 1.29 is 9.90 Å². The first kappa shape index (κ1) is 13.2. The summed E-state index contributed by atoms with van der Waals surface area (Å²) in [7, 11) is 0. The van der Waals surface area contributed by atoms with E-state index in [4.69, 9.17) is 5.11 Å². The van der Waals surface area contributed by atoms with Crippen LogP contribution in [-0.2, 0) is 0 Å². The maximum atomic E-state index is 11.1. The molecule has 1 fully saturated rings. The van der Waals surface area contributed by atoms with E-state index in [0.717, 1.165) is 18.5 Å². The summed E-state index contributed by atoms with van der Waals surface area (Å²) < 4.78 is 0. The van der Waals surface area contributed by atoms with Gasteiger partial charge in [-0.15, -0.1) is 0 Å². The van der Waals surface area contributed by atoms with Crippen molar-refractivity contribution in [2.24, 2.45) is 0 Å². The number of hydrogen-bond donors (Lipinski definition) is 2. The first-order chi connectivity index (χ1) is 8.60. The number of anilines is 1. The second-order valence-corrected chi connectivity index (χ2v) is 5.80. The van der Waals surface area contributed by atoms with Crippen LogP contribution >= 0.6 is 11.8 Å². The zero-order valence-electron chi connectivity index (χ0n) is 10.6. The van der Waals surface area contributed by atoms with Crippen molar-refractivity contribution in [2.45, 2.75) is 37.5 Å². The van der Waals surface area contributed by atoms with Gasteiger partial charge in [0, 0.05) is 17.0 Å². The lowest BCUT2D eigenvalue weighted by atomic mass is 10.2. The Hall–Kier alpha value is -1.23. The Morgan fingerprint density at radius 3 is 2.89 bits per heavy atom. The Balaban J connectivity index is 2.13. The second kappa shape index (κ2) is 5.61. The van der Waals surface area contributed by atoms with E-state index in [9.17, 15) is 4.79 Å². The first-order valence-corrected chi connectivity index (χ1v) is 7.39. The average Bonchev–Trinajstić information content (AvgIpc) is 2.76. The predicted octanol–water partition coefficient (Wildman–Crippen LogP) is 2.78. The van der Waals surface area contributed by atoms with E-state index in [0.29, 0.717) is 17.1 Å². The Kier molecular flexibility index (Phi) is 4.11. The summed E-state index contributed by atoms with van der Waals surface area (Å²) in [6.07, 6.45) is 5.48. The molecule has 18 heavy (non-hydrogen) atoms. The van der Waals surface area contributed by atoms with Crippen LogP contribution in [0.3, 0.4) is 0 Å². The Morgan fingerprint density at radius 1 is 1.50 bits per heavy atom. The van der Waals surface area contributed by atoms with E-state index in [1.165, 1.54) is 6.42 Å². The fourth-order valence-corrected chi connectivity index (χ4v) is 3.11. The van der Waals surface area contributed by atoms with Crippen LogP contribution in [0.1, 0.15) is 35.3 Å². The molecule has 98 valence electrons. The van der Waals surface area contributed by atoms with Gasteiger partial charge in [0.15, 0.2) is 0 Å². The third kappa shape index (κ3) is 2.96. The molecule has 1 saturated carbocycles. The summed E-state index contributed by atoms with van der Waals surface area (Å²) in [6, 6.07) is 3.69. The molecule has 1 aromatic rings. The van der Waals surface area contributed by atoms with Gasteiger partial charge in [-0.1, -0.05) is 0 Å². The van der Waals surface area contributed by atoms with E-state index in [-0.39, 0.29) is 5.56 Å².